The summed E-state index contributed by atoms with van der Waals surface area (Å²) in [6.45, 7) is 5.63. The van der Waals surface area contributed by atoms with Crippen LogP contribution in [0.25, 0.3) is 10.9 Å². The van der Waals surface area contributed by atoms with Crippen LogP contribution in [0.3, 0.4) is 0 Å². The Morgan fingerprint density at radius 3 is 2.62 bits per heavy atom. The smallest absolute Gasteiger partial charge is 0.253 e. The monoisotopic (exact) mass is 529 g/mol. The number of anilines is 1. The van der Waals surface area contributed by atoms with Gasteiger partial charge in [-0.2, -0.15) is 0 Å². The van der Waals surface area contributed by atoms with Crippen LogP contribution in [-0.2, 0) is 0 Å². The number of rotatable bonds is 8. The van der Waals surface area contributed by atoms with E-state index in [0.29, 0.717) is 12.2 Å². The molecule has 0 radical (unpaired) electrons. The molecule has 6 rings (SSSR count). The van der Waals surface area contributed by atoms with Crippen molar-refractivity contribution in [1.82, 2.24) is 30.1 Å². The maximum Gasteiger partial charge on any atom is 0.253 e. The van der Waals surface area contributed by atoms with Crippen molar-refractivity contribution in [2.24, 2.45) is 0 Å². The van der Waals surface area contributed by atoms with Crippen molar-refractivity contribution in [2.45, 2.75) is 44.7 Å². The Bertz CT molecular complexity index is 1490. The Balaban J connectivity index is 1.39. The number of piperazine rings is 1. The van der Waals surface area contributed by atoms with Crippen LogP contribution in [0.2, 0.25) is 0 Å². The average molecular weight is 530 g/mol. The van der Waals surface area contributed by atoms with Gasteiger partial charge in [0.15, 0.2) is 5.82 Å². The molecule has 4 aromatic rings. The van der Waals surface area contributed by atoms with Crippen LogP contribution in [0.15, 0.2) is 53.3 Å². The summed E-state index contributed by atoms with van der Waals surface area (Å²) in [6, 6.07) is 15.7. The van der Waals surface area contributed by atoms with Crippen molar-refractivity contribution in [3.05, 3.63) is 70.3 Å². The Morgan fingerprint density at radius 1 is 1.05 bits per heavy atom. The van der Waals surface area contributed by atoms with Crippen LogP contribution in [0.4, 0.5) is 5.69 Å². The van der Waals surface area contributed by atoms with Gasteiger partial charge in [-0.25, -0.2) is 4.68 Å². The molecule has 0 bridgehead atoms. The number of tetrazole rings is 1. The minimum atomic E-state index is -0.371. The number of hydrogen-bond acceptors (Lipinski definition) is 8. The van der Waals surface area contributed by atoms with Gasteiger partial charge < -0.3 is 19.4 Å². The van der Waals surface area contributed by atoms with Crippen molar-refractivity contribution in [3.8, 4) is 11.5 Å². The van der Waals surface area contributed by atoms with Gasteiger partial charge >= 0.3 is 0 Å². The Labute approximate surface area is 227 Å². The van der Waals surface area contributed by atoms with Crippen molar-refractivity contribution in [3.63, 3.8) is 0 Å². The number of nitrogens with one attached hydrogen (secondary N) is 1. The van der Waals surface area contributed by atoms with Crippen LogP contribution in [0.1, 0.15) is 56.1 Å². The number of aromatic nitrogens is 5. The average Bonchev–Trinajstić information content (AvgIpc) is 3.67. The zero-order valence-corrected chi connectivity index (χ0v) is 22.5. The van der Waals surface area contributed by atoms with Gasteiger partial charge in [-0.1, -0.05) is 25.0 Å². The Kier molecular flexibility index (Phi) is 7.19. The summed E-state index contributed by atoms with van der Waals surface area (Å²) >= 11 is 0. The van der Waals surface area contributed by atoms with Gasteiger partial charge in [0.25, 0.3) is 5.56 Å². The standard InChI is InChI=1S/C29H35N7O3/c1-3-39-22-12-13-24-20(18-22)19-23(29(37)30-24)27(28-31-32-33-36(28)21-8-4-5-9-21)35-16-14-34(15-17-35)25-10-6-7-11-26(25)38-2/h6-7,10-13,18-19,21,27H,3-5,8-9,14-17H2,1-2H3,(H,30,37)/t27-/m1/s1. The quantitative estimate of drug-likeness (QED) is 0.366. The lowest BCUT2D eigenvalue weighted by Gasteiger charge is -2.40. The highest BCUT2D eigenvalue weighted by atomic mass is 16.5. The third-order valence-electron chi connectivity index (χ3n) is 7.99. The van der Waals surface area contributed by atoms with Gasteiger partial charge in [0.05, 0.1) is 25.4 Å². The van der Waals surface area contributed by atoms with E-state index in [1.54, 1.807) is 7.11 Å². The Hall–Kier alpha value is -3.92. The molecule has 39 heavy (non-hydrogen) atoms. The third kappa shape index (κ3) is 4.96. The molecule has 1 aliphatic heterocycles. The maximum absolute atomic E-state index is 13.6. The molecule has 1 atom stereocenters. The molecule has 0 spiro atoms. The van der Waals surface area contributed by atoms with E-state index in [1.807, 2.05) is 54.1 Å². The van der Waals surface area contributed by atoms with Gasteiger partial charge in [-0.3, -0.25) is 9.69 Å². The van der Waals surface area contributed by atoms with Gasteiger partial charge in [0, 0.05) is 42.6 Å². The van der Waals surface area contributed by atoms with Crippen LogP contribution >= 0.6 is 0 Å². The first kappa shape index (κ1) is 25.4. The SMILES string of the molecule is CCOc1ccc2[nH]c(=O)c([C@H](c3nnnn3C3CCCC3)N3CCN(c4ccccc4OC)CC3)cc2c1. The van der Waals surface area contributed by atoms with Crippen molar-refractivity contribution in [1.29, 1.82) is 0 Å². The molecular formula is C29H35N7O3. The summed E-state index contributed by atoms with van der Waals surface area (Å²) in [5, 5.41) is 14.0. The lowest BCUT2D eigenvalue weighted by atomic mass is 10.0. The number of benzene rings is 2. The number of para-hydroxylation sites is 2. The molecule has 1 saturated heterocycles. The van der Waals surface area contributed by atoms with Gasteiger partial charge in [0.1, 0.15) is 17.5 Å². The zero-order valence-electron chi connectivity index (χ0n) is 22.5. The van der Waals surface area contributed by atoms with E-state index in [4.69, 9.17) is 9.47 Å². The summed E-state index contributed by atoms with van der Waals surface area (Å²) < 4.78 is 13.3. The van der Waals surface area contributed by atoms with E-state index in [1.165, 1.54) is 12.8 Å². The number of methoxy groups -OCH3 is 1. The van der Waals surface area contributed by atoms with E-state index in [-0.39, 0.29) is 17.6 Å². The number of H-pyrrole nitrogens is 1. The third-order valence-corrected chi connectivity index (χ3v) is 7.99. The second-order valence-electron chi connectivity index (χ2n) is 10.3. The van der Waals surface area contributed by atoms with Crippen LogP contribution in [0, 0.1) is 0 Å². The fourth-order valence-corrected chi connectivity index (χ4v) is 6.06. The fourth-order valence-electron chi connectivity index (χ4n) is 6.06. The molecule has 10 heteroatoms. The lowest BCUT2D eigenvalue weighted by molar-refractivity contribution is 0.196. The lowest BCUT2D eigenvalue weighted by Crippen LogP contribution is -2.49. The molecule has 204 valence electrons. The minimum Gasteiger partial charge on any atom is -0.495 e. The van der Waals surface area contributed by atoms with Gasteiger partial charge in [-0.15, -0.1) is 5.10 Å². The van der Waals surface area contributed by atoms with Crippen molar-refractivity contribution >= 4 is 16.6 Å². The van der Waals surface area contributed by atoms with Crippen molar-refractivity contribution < 1.29 is 9.47 Å². The highest BCUT2D eigenvalue weighted by Crippen LogP contribution is 2.35. The molecule has 10 nitrogen and oxygen atoms in total. The molecule has 3 heterocycles. The van der Waals surface area contributed by atoms with Crippen molar-refractivity contribution in [2.75, 3.05) is 44.8 Å². The predicted molar refractivity (Wildman–Crippen MR) is 150 cm³/mol. The highest BCUT2D eigenvalue weighted by Gasteiger charge is 2.35. The summed E-state index contributed by atoms with van der Waals surface area (Å²) in [5.41, 5.74) is 2.39. The first-order chi connectivity index (χ1) is 19.2. The molecule has 2 fully saturated rings. The Morgan fingerprint density at radius 2 is 1.85 bits per heavy atom. The molecule has 0 unspecified atom stereocenters. The molecule has 2 aliphatic rings. The molecule has 1 aliphatic carbocycles. The highest BCUT2D eigenvalue weighted by molar-refractivity contribution is 5.80. The first-order valence-electron chi connectivity index (χ1n) is 13.9. The number of fused-ring (bicyclic) bond motifs is 1. The molecular weight excluding hydrogens is 494 g/mol. The number of aromatic amines is 1. The van der Waals surface area contributed by atoms with E-state index >= 15 is 0 Å². The molecule has 0 amide bonds. The zero-order chi connectivity index (χ0) is 26.8. The van der Waals surface area contributed by atoms with Crippen LogP contribution < -0.4 is 19.9 Å². The summed E-state index contributed by atoms with van der Waals surface area (Å²) in [7, 11) is 1.71. The predicted octanol–water partition coefficient (Wildman–Crippen LogP) is 3.95. The molecule has 1 saturated carbocycles. The summed E-state index contributed by atoms with van der Waals surface area (Å²) in [4.78, 5) is 21.4. The summed E-state index contributed by atoms with van der Waals surface area (Å²) in [5.74, 6) is 2.38. The number of ether oxygens (including phenoxy) is 2. The normalized spacial score (nSPS) is 17.5. The van der Waals surface area contributed by atoms with Crippen LogP contribution in [0.5, 0.6) is 11.5 Å². The minimum absolute atomic E-state index is 0.121. The summed E-state index contributed by atoms with van der Waals surface area (Å²) in [6.07, 6.45) is 4.45. The van der Waals surface area contributed by atoms with Gasteiger partial charge in [-0.05, 0) is 66.6 Å². The number of hydrogen-bond donors (Lipinski definition) is 1. The number of pyridine rings is 1. The van der Waals surface area contributed by atoms with Crippen LogP contribution in [-0.4, -0.2) is 70.0 Å². The largest absolute Gasteiger partial charge is 0.495 e. The van der Waals surface area contributed by atoms with E-state index in [2.05, 4.69) is 36.4 Å². The number of nitrogens with zero attached hydrogens (tertiary/aromatic N) is 6. The second kappa shape index (κ2) is 11.1. The topological polar surface area (TPSA) is 101 Å². The van der Waals surface area contributed by atoms with E-state index in [9.17, 15) is 4.79 Å². The molecule has 2 aromatic heterocycles. The second-order valence-corrected chi connectivity index (χ2v) is 10.3. The van der Waals surface area contributed by atoms with E-state index < -0.39 is 0 Å². The fraction of sp³-hybridized carbons (Fsp3) is 0.448. The van der Waals surface area contributed by atoms with Gasteiger partial charge in [0.2, 0.25) is 0 Å². The first-order valence-corrected chi connectivity index (χ1v) is 13.9. The van der Waals surface area contributed by atoms with E-state index in [0.717, 1.165) is 72.9 Å². The molecule has 2 aromatic carbocycles. The molecule has 1 N–H and O–H groups in total. The maximum atomic E-state index is 13.6.